The van der Waals surface area contributed by atoms with Crippen LogP contribution in [0, 0.1) is 6.92 Å². The van der Waals surface area contributed by atoms with Gasteiger partial charge in [0.2, 0.25) is 5.91 Å². The Bertz CT molecular complexity index is 1020. The monoisotopic (exact) mass is 473 g/mol. The number of aliphatic carboxylic acids is 1. The van der Waals surface area contributed by atoms with Gasteiger partial charge in [0, 0.05) is 36.4 Å². The average Bonchev–Trinajstić information content (AvgIpc) is 3.51. The van der Waals surface area contributed by atoms with Crippen LogP contribution in [-0.4, -0.2) is 42.1 Å². The molecule has 184 valence electrons. The summed E-state index contributed by atoms with van der Waals surface area (Å²) in [4.78, 5) is 47.9. The predicted octanol–water partition coefficient (Wildman–Crippen LogP) is 3.38. The van der Waals surface area contributed by atoms with E-state index in [1.165, 1.54) is 7.11 Å². The summed E-state index contributed by atoms with van der Waals surface area (Å²) in [6.07, 6.45) is 5.07. The Morgan fingerprint density at radius 3 is 2.53 bits per heavy atom. The molecule has 0 atom stereocenters. The van der Waals surface area contributed by atoms with Gasteiger partial charge in [-0.2, -0.15) is 0 Å². The summed E-state index contributed by atoms with van der Waals surface area (Å²) in [5.41, 5.74) is 2.93. The second-order valence-electron chi connectivity index (χ2n) is 8.71. The minimum Gasteiger partial charge on any atom is -0.496 e. The number of carbonyl (C=O) groups excluding carboxylic acids is 3. The van der Waals surface area contributed by atoms with Crippen molar-refractivity contribution in [3.63, 3.8) is 0 Å². The molecule has 1 aromatic carbocycles. The highest BCUT2D eigenvalue weighted by Crippen LogP contribution is 2.43. The summed E-state index contributed by atoms with van der Waals surface area (Å²) in [5, 5.41) is 11.8. The van der Waals surface area contributed by atoms with Gasteiger partial charge in [0.1, 0.15) is 17.9 Å². The van der Waals surface area contributed by atoms with Crippen molar-refractivity contribution < 1.29 is 38.5 Å². The molecule has 0 radical (unpaired) electrons. The molecule has 0 saturated heterocycles. The highest BCUT2D eigenvalue weighted by atomic mass is 16.6. The second kappa shape index (κ2) is 11.2. The number of cyclic esters (lactones) is 1. The summed E-state index contributed by atoms with van der Waals surface area (Å²) in [5.74, 6) is -1.50. The Morgan fingerprint density at radius 1 is 1.15 bits per heavy atom. The third kappa shape index (κ3) is 6.36. The lowest BCUT2D eigenvalue weighted by Gasteiger charge is -2.19. The minimum absolute atomic E-state index is 0.00514. The zero-order valence-corrected chi connectivity index (χ0v) is 19.8. The summed E-state index contributed by atoms with van der Waals surface area (Å²) in [6, 6.07) is 0.266. The van der Waals surface area contributed by atoms with Gasteiger partial charge in [0.15, 0.2) is 5.75 Å². The lowest BCUT2D eigenvalue weighted by atomic mass is 9.94. The second-order valence-corrected chi connectivity index (χ2v) is 8.71. The highest BCUT2D eigenvalue weighted by Gasteiger charge is 2.34. The number of carboxylic acid groups (broad SMARTS) is 1. The topological polar surface area (TPSA) is 128 Å². The third-order valence-electron chi connectivity index (χ3n) is 5.96. The molecule has 0 aromatic heterocycles. The van der Waals surface area contributed by atoms with Gasteiger partial charge in [-0.1, -0.05) is 11.6 Å². The van der Waals surface area contributed by atoms with Gasteiger partial charge in [-0.3, -0.25) is 14.4 Å². The first-order valence-corrected chi connectivity index (χ1v) is 11.5. The molecule has 1 aromatic rings. The molecular formula is C25H31NO8. The van der Waals surface area contributed by atoms with Gasteiger partial charge >= 0.3 is 17.9 Å². The molecule has 1 saturated carbocycles. The third-order valence-corrected chi connectivity index (χ3v) is 5.96. The molecule has 34 heavy (non-hydrogen) atoms. The van der Waals surface area contributed by atoms with E-state index < -0.39 is 17.9 Å². The fourth-order valence-corrected chi connectivity index (χ4v) is 3.89. The smallest absolute Gasteiger partial charge is 0.342 e. The molecule has 1 amide bonds. The van der Waals surface area contributed by atoms with Crippen LogP contribution in [0.4, 0.5) is 0 Å². The number of benzene rings is 1. The Hall–Kier alpha value is -3.36. The largest absolute Gasteiger partial charge is 0.496 e. The van der Waals surface area contributed by atoms with E-state index in [9.17, 15) is 19.2 Å². The molecule has 2 aliphatic rings. The van der Waals surface area contributed by atoms with Crippen molar-refractivity contribution in [1.29, 1.82) is 0 Å². The summed E-state index contributed by atoms with van der Waals surface area (Å²) in [7, 11) is 1.50. The molecule has 9 nitrogen and oxygen atoms in total. The first kappa shape index (κ1) is 25.3. The molecule has 1 fully saturated rings. The van der Waals surface area contributed by atoms with Crippen LogP contribution in [0.15, 0.2) is 11.6 Å². The maximum absolute atomic E-state index is 12.7. The number of hydrogen-bond donors (Lipinski definition) is 2. The summed E-state index contributed by atoms with van der Waals surface area (Å²) >= 11 is 0. The minimum atomic E-state index is -0.887. The van der Waals surface area contributed by atoms with E-state index in [0.717, 1.165) is 24.0 Å². The number of esters is 2. The van der Waals surface area contributed by atoms with Crippen molar-refractivity contribution >= 4 is 23.8 Å². The number of carbonyl (C=O) groups is 4. The van der Waals surface area contributed by atoms with E-state index in [1.54, 1.807) is 0 Å². The van der Waals surface area contributed by atoms with Crippen LogP contribution >= 0.6 is 0 Å². The number of ether oxygens (including phenoxy) is 3. The van der Waals surface area contributed by atoms with Crippen LogP contribution < -0.4 is 14.8 Å². The Balaban J connectivity index is 1.81. The number of nitrogens with one attached hydrogen (secondary N) is 1. The fraction of sp³-hybridized carbons (Fsp3) is 0.520. The molecule has 9 heteroatoms. The average molecular weight is 474 g/mol. The van der Waals surface area contributed by atoms with Crippen molar-refractivity contribution in [2.45, 2.75) is 77.9 Å². The number of amides is 1. The molecule has 0 unspecified atom stereocenters. The Labute approximate surface area is 198 Å². The number of methoxy groups -OCH3 is 1. The number of fused-ring (bicyclic) bond motifs is 1. The SMILES string of the molecule is COc1c(C)c2c(c(OC(=O)CCCC(=O)NC3CC3)c1C/C=C(\C)CCC(=O)O)C(=O)OC2. The van der Waals surface area contributed by atoms with Crippen molar-refractivity contribution in [3.8, 4) is 11.5 Å². The molecule has 0 spiro atoms. The van der Waals surface area contributed by atoms with E-state index in [0.29, 0.717) is 29.7 Å². The maximum Gasteiger partial charge on any atom is 0.342 e. The van der Waals surface area contributed by atoms with Gasteiger partial charge < -0.3 is 24.6 Å². The number of hydrogen-bond acceptors (Lipinski definition) is 7. The van der Waals surface area contributed by atoms with Crippen LogP contribution in [0.2, 0.25) is 0 Å². The highest BCUT2D eigenvalue weighted by molar-refractivity contribution is 5.99. The molecule has 1 aliphatic heterocycles. The zero-order valence-electron chi connectivity index (χ0n) is 19.8. The number of carboxylic acids is 1. The first-order chi connectivity index (χ1) is 16.2. The normalized spacial score (nSPS) is 14.9. The van der Waals surface area contributed by atoms with Crippen LogP contribution in [0.5, 0.6) is 11.5 Å². The van der Waals surface area contributed by atoms with Crippen LogP contribution in [0.1, 0.15) is 78.9 Å². The van der Waals surface area contributed by atoms with Crippen LogP contribution in [-0.2, 0) is 32.1 Å². The Kier molecular flexibility index (Phi) is 8.31. The number of rotatable bonds is 12. The van der Waals surface area contributed by atoms with Gasteiger partial charge in [0.05, 0.1) is 7.11 Å². The summed E-state index contributed by atoms with van der Waals surface area (Å²) in [6.45, 7) is 3.70. The molecule has 3 rings (SSSR count). The van der Waals surface area contributed by atoms with Gasteiger partial charge in [-0.05, 0) is 51.5 Å². The van der Waals surface area contributed by atoms with E-state index in [4.69, 9.17) is 19.3 Å². The lowest BCUT2D eigenvalue weighted by molar-refractivity contribution is -0.137. The van der Waals surface area contributed by atoms with Crippen LogP contribution in [0.3, 0.4) is 0 Å². The van der Waals surface area contributed by atoms with E-state index in [-0.39, 0.29) is 55.6 Å². The van der Waals surface area contributed by atoms with Crippen molar-refractivity contribution in [2.75, 3.05) is 7.11 Å². The molecular weight excluding hydrogens is 442 g/mol. The van der Waals surface area contributed by atoms with E-state index in [2.05, 4.69) is 5.32 Å². The standard InChI is InChI=1S/C25H31NO8/c1-14(8-12-20(28)29)7-11-17-23(32-3)15(2)18-13-33-25(31)22(18)24(17)34-21(30)6-4-5-19(27)26-16-9-10-16/h7,16H,4-6,8-13H2,1-3H3,(H,26,27)(H,28,29)/b14-7+. The van der Waals surface area contributed by atoms with E-state index in [1.807, 2.05) is 19.9 Å². The maximum atomic E-state index is 12.7. The molecule has 1 heterocycles. The van der Waals surface area contributed by atoms with Crippen molar-refractivity contribution in [1.82, 2.24) is 5.32 Å². The zero-order chi connectivity index (χ0) is 24.8. The predicted molar refractivity (Wildman–Crippen MR) is 122 cm³/mol. The molecule has 0 bridgehead atoms. The summed E-state index contributed by atoms with van der Waals surface area (Å²) < 4.78 is 16.5. The fourth-order valence-electron chi connectivity index (χ4n) is 3.89. The number of allylic oxidation sites excluding steroid dienone is 2. The molecule has 2 N–H and O–H groups in total. The first-order valence-electron chi connectivity index (χ1n) is 11.5. The quantitative estimate of drug-likeness (QED) is 0.269. The van der Waals surface area contributed by atoms with Crippen molar-refractivity contribution in [2.24, 2.45) is 0 Å². The van der Waals surface area contributed by atoms with Gasteiger partial charge in [-0.15, -0.1) is 0 Å². The van der Waals surface area contributed by atoms with Crippen LogP contribution in [0.25, 0.3) is 0 Å². The lowest BCUT2D eigenvalue weighted by Crippen LogP contribution is -2.25. The van der Waals surface area contributed by atoms with Gasteiger partial charge in [0.25, 0.3) is 0 Å². The van der Waals surface area contributed by atoms with E-state index >= 15 is 0 Å². The van der Waals surface area contributed by atoms with Gasteiger partial charge in [-0.25, -0.2) is 4.79 Å². The molecule has 1 aliphatic carbocycles. The Morgan fingerprint density at radius 2 is 1.88 bits per heavy atom. The van der Waals surface area contributed by atoms with Crippen molar-refractivity contribution in [3.05, 3.63) is 33.9 Å².